The number of carbonyl (C=O) groups is 1. The number of ether oxygens (including phenoxy) is 2. The summed E-state index contributed by atoms with van der Waals surface area (Å²) in [5, 5.41) is 9.59. The maximum atomic E-state index is 13.1. The van der Waals surface area contributed by atoms with Crippen molar-refractivity contribution in [2.24, 2.45) is 5.92 Å². The van der Waals surface area contributed by atoms with E-state index in [-0.39, 0.29) is 29.2 Å². The summed E-state index contributed by atoms with van der Waals surface area (Å²) in [5.74, 6) is 2.83. The maximum absolute atomic E-state index is 13.1. The molecule has 0 radical (unpaired) electrons. The van der Waals surface area contributed by atoms with Crippen LogP contribution in [-0.4, -0.2) is 66.2 Å². The number of methoxy groups -OCH3 is 1. The third-order valence-electron chi connectivity index (χ3n) is 7.00. The van der Waals surface area contributed by atoms with Gasteiger partial charge >= 0.3 is 0 Å². The molecule has 1 saturated heterocycles. The number of rotatable bonds is 4. The van der Waals surface area contributed by atoms with Crippen molar-refractivity contribution in [2.75, 3.05) is 33.1 Å². The van der Waals surface area contributed by atoms with E-state index in [4.69, 9.17) is 9.47 Å². The number of nitrogens with zero attached hydrogens (tertiary/aromatic N) is 1. The Hall–Kier alpha value is -1.24. The number of aliphatic hydroxyl groups is 1. The predicted octanol–water partition coefficient (Wildman–Crippen LogP) is 1.64. The molecule has 2 aliphatic heterocycles. The number of benzene rings is 1. The molecule has 5 nitrogen and oxygen atoms in total. The number of piperidine rings is 1. The van der Waals surface area contributed by atoms with Crippen molar-refractivity contribution in [3.63, 3.8) is 0 Å². The molecule has 5 rings (SSSR count). The van der Waals surface area contributed by atoms with E-state index in [0.717, 1.165) is 30.9 Å². The lowest BCUT2D eigenvalue weighted by atomic mass is 9.51. The molecule has 2 fully saturated rings. The van der Waals surface area contributed by atoms with Gasteiger partial charge in [-0.25, -0.2) is 0 Å². The van der Waals surface area contributed by atoms with Gasteiger partial charge in [0.25, 0.3) is 0 Å². The molecule has 1 saturated carbocycles. The molecule has 26 heavy (non-hydrogen) atoms. The van der Waals surface area contributed by atoms with E-state index < -0.39 is 0 Å². The van der Waals surface area contributed by atoms with E-state index in [1.807, 2.05) is 6.07 Å². The summed E-state index contributed by atoms with van der Waals surface area (Å²) in [4.78, 5) is 15.6. The smallest absolute Gasteiger partial charge is 0.175 e. The molecule has 1 aromatic rings. The molecule has 1 spiro atoms. The van der Waals surface area contributed by atoms with Gasteiger partial charge in [-0.05, 0) is 38.1 Å². The molecule has 4 aliphatic rings. The molecular weight excluding hydrogens is 350 g/mol. The number of likely N-dealkylation sites (tertiary alicyclic amines) is 1. The Morgan fingerprint density at radius 3 is 3.04 bits per heavy atom. The number of hydrogen-bond donors (Lipinski definition) is 1. The first-order valence-electron chi connectivity index (χ1n) is 9.44. The lowest BCUT2D eigenvalue weighted by Gasteiger charge is -2.59. The van der Waals surface area contributed by atoms with Crippen molar-refractivity contribution in [3.05, 3.63) is 23.3 Å². The lowest BCUT2D eigenvalue weighted by molar-refractivity contribution is -0.137. The number of ketones is 1. The van der Waals surface area contributed by atoms with Crippen molar-refractivity contribution in [3.8, 4) is 11.5 Å². The average molecular weight is 375 g/mol. The Labute approximate surface area is 158 Å². The molecule has 5 unspecified atom stereocenters. The van der Waals surface area contributed by atoms with Crippen LogP contribution >= 0.6 is 11.8 Å². The van der Waals surface area contributed by atoms with Crippen LogP contribution in [0.1, 0.15) is 24.0 Å². The first-order chi connectivity index (χ1) is 12.6. The monoisotopic (exact) mass is 375 g/mol. The highest BCUT2D eigenvalue weighted by molar-refractivity contribution is 7.99. The second kappa shape index (κ2) is 5.88. The zero-order valence-electron chi connectivity index (χ0n) is 15.2. The van der Waals surface area contributed by atoms with Crippen molar-refractivity contribution in [2.45, 2.75) is 42.1 Å². The van der Waals surface area contributed by atoms with Crippen LogP contribution in [0.3, 0.4) is 0 Å². The number of likely N-dealkylation sites (N-methyl/N-ethyl adjacent to an activating group) is 1. The highest BCUT2D eigenvalue weighted by Crippen LogP contribution is 2.64. The summed E-state index contributed by atoms with van der Waals surface area (Å²) in [5.41, 5.74) is 2.34. The van der Waals surface area contributed by atoms with Crippen molar-refractivity contribution < 1.29 is 19.4 Å². The summed E-state index contributed by atoms with van der Waals surface area (Å²) in [6.07, 6.45) is 2.11. The lowest BCUT2D eigenvalue weighted by Crippen LogP contribution is -2.68. The van der Waals surface area contributed by atoms with Gasteiger partial charge in [-0.3, -0.25) is 4.79 Å². The standard InChI is InChI=1S/C20H25NO4S/c1-21-6-5-20-16-11-3-4-14(24-2)18(16)25-19(20)13(23)10-15(26-8-7-22)17(20)12(21)9-11/h3-4,12,15,17,19,22H,5-10H2,1-2H3. The molecule has 2 aliphatic carbocycles. The zero-order valence-corrected chi connectivity index (χ0v) is 16.1. The van der Waals surface area contributed by atoms with Crippen LogP contribution in [0.5, 0.6) is 11.5 Å². The second-order valence-corrected chi connectivity index (χ2v) is 9.35. The van der Waals surface area contributed by atoms with Gasteiger partial charge in [0, 0.05) is 34.9 Å². The Morgan fingerprint density at radius 2 is 2.27 bits per heavy atom. The first-order valence-corrected chi connectivity index (χ1v) is 10.5. The third kappa shape index (κ3) is 1.98. The molecule has 2 bridgehead atoms. The zero-order chi connectivity index (χ0) is 18.1. The minimum atomic E-state index is -0.375. The number of thioether (sulfide) groups is 1. The minimum Gasteiger partial charge on any atom is -0.493 e. The maximum Gasteiger partial charge on any atom is 0.175 e. The van der Waals surface area contributed by atoms with E-state index in [1.165, 1.54) is 11.1 Å². The molecule has 0 amide bonds. The minimum absolute atomic E-state index is 0.158. The van der Waals surface area contributed by atoms with Crippen molar-refractivity contribution in [1.82, 2.24) is 4.90 Å². The highest BCUT2D eigenvalue weighted by atomic mass is 32.2. The van der Waals surface area contributed by atoms with Crippen LogP contribution in [0.2, 0.25) is 0 Å². The van der Waals surface area contributed by atoms with E-state index >= 15 is 0 Å². The van der Waals surface area contributed by atoms with E-state index in [2.05, 4.69) is 18.0 Å². The normalized spacial score (nSPS) is 37.3. The quantitative estimate of drug-likeness (QED) is 0.863. The average Bonchev–Trinajstić information content (AvgIpc) is 2.99. The van der Waals surface area contributed by atoms with Crippen LogP contribution in [0.25, 0.3) is 0 Å². The number of hydrogen-bond acceptors (Lipinski definition) is 6. The number of carbonyl (C=O) groups excluding carboxylic acids is 1. The first kappa shape index (κ1) is 16.9. The molecule has 6 heteroatoms. The van der Waals surface area contributed by atoms with Crippen LogP contribution in [0, 0.1) is 5.92 Å². The van der Waals surface area contributed by atoms with Gasteiger partial charge in [0.1, 0.15) is 0 Å². The Kier molecular flexibility index (Phi) is 3.82. The molecule has 140 valence electrons. The second-order valence-electron chi connectivity index (χ2n) is 8.00. The predicted molar refractivity (Wildman–Crippen MR) is 100 cm³/mol. The molecule has 1 aromatic carbocycles. The number of Topliss-reactive ketones (excluding diaryl/α,β-unsaturated/α-hetero) is 1. The Balaban J connectivity index is 1.72. The topological polar surface area (TPSA) is 59.0 Å². The van der Waals surface area contributed by atoms with Crippen LogP contribution in [0.15, 0.2) is 12.1 Å². The summed E-state index contributed by atoms with van der Waals surface area (Å²) in [6, 6.07) is 4.58. The van der Waals surface area contributed by atoms with Crippen LogP contribution in [-0.2, 0) is 16.6 Å². The van der Waals surface area contributed by atoms with Crippen LogP contribution < -0.4 is 9.47 Å². The van der Waals surface area contributed by atoms with Gasteiger partial charge in [-0.2, -0.15) is 11.8 Å². The third-order valence-corrected chi connectivity index (χ3v) is 8.30. The summed E-state index contributed by atoms with van der Waals surface area (Å²) >= 11 is 1.77. The Bertz CT molecular complexity index is 768. The van der Waals surface area contributed by atoms with Gasteiger partial charge < -0.3 is 19.5 Å². The molecular formula is C20H25NO4S. The summed E-state index contributed by atoms with van der Waals surface area (Å²) < 4.78 is 11.9. The summed E-state index contributed by atoms with van der Waals surface area (Å²) in [7, 11) is 3.88. The highest BCUT2D eigenvalue weighted by Gasteiger charge is 2.68. The van der Waals surface area contributed by atoms with Crippen molar-refractivity contribution >= 4 is 17.5 Å². The van der Waals surface area contributed by atoms with Gasteiger partial charge in [0.2, 0.25) is 0 Å². The SMILES string of the molecule is COc1ccc2c3c1OC1C(=O)CC(SCCO)C4C(C2)N(C)CCC314. The fourth-order valence-corrected chi connectivity index (χ4v) is 7.39. The van der Waals surface area contributed by atoms with Gasteiger partial charge in [-0.1, -0.05) is 6.07 Å². The molecule has 2 heterocycles. The summed E-state index contributed by atoms with van der Waals surface area (Å²) in [6.45, 7) is 1.15. The van der Waals surface area contributed by atoms with Crippen molar-refractivity contribution in [1.29, 1.82) is 0 Å². The van der Waals surface area contributed by atoms with Crippen LogP contribution in [0.4, 0.5) is 0 Å². The van der Waals surface area contributed by atoms with Gasteiger partial charge in [0.15, 0.2) is 23.4 Å². The Morgan fingerprint density at radius 1 is 1.42 bits per heavy atom. The van der Waals surface area contributed by atoms with E-state index in [9.17, 15) is 9.90 Å². The fourth-order valence-electron chi connectivity index (χ4n) is 6.07. The van der Waals surface area contributed by atoms with E-state index in [0.29, 0.717) is 24.1 Å². The molecule has 0 aromatic heterocycles. The van der Waals surface area contributed by atoms with E-state index in [1.54, 1.807) is 18.9 Å². The molecule has 5 atom stereocenters. The molecule has 1 N–H and O–H groups in total. The van der Waals surface area contributed by atoms with Gasteiger partial charge in [-0.15, -0.1) is 0 Å². The number of aliphatic hydroxyl groups excluding tert-OH is 1. The van der Waals surface area contributed by atoms with Gasteiger partial charge in [0.05, 0.1) is 19.1 Å². The largest absolute Gasteiger partial charge is 0.493 e. The fraction of sp³-hybridized carbons (Fsp3) is 0.650.